The summed E-state index contributed by atoms with van der Waals surface area (Å²) in [7, 11) is 0. The molecule has 0 amide bonds. The Kier molecular flexibility index (Phi) is 7.57. The fourth-order valence-corrected chi connectivity index (χ4v) is 9.81. The van der Waals surface area contributed by atoms with Crippen molar-refractivity contribution in [1.82, 2.24) is 4.57 Å². The van der Waals surface area contributed by atoms with Crippen LogP contribution in [-0.4, -0.2) is 4.57 Å². The molecular formula is C58H36N2O2. The number of para-hydroxylation sites is 4. The van der Waals surface area contributed by atoms with Crippen molar-refractivity contribution < 1.29 is 8.83 Å². The van der Waals surface area contributed by atoms with Gasteiger partial charge in [0.2, 0.25) is 0 Å². The maximum absolute atomic E-state index is 6.42. The van der Waals surface area contributed by atoms with Crippen LogP contribution in [0.2, 0.25) is 0 Å². The van der Waals surface area contributed by atoms with Crippen LogP contribution in [0.1, 0.15) is 0 Å². The van der Waals surface area contributed by atoms with E-state index in [0.29, 0.717) is 0 Å². The van der Waals surface area contributed by atoms with Crippen LogP contribution in [0.25, 0.3) is 104 Å². The van der Waals surface area contributed by atoms with Gasteiger partial charge in [-0.25, -0.2) is 0 Å². The Balaban J connectivity index is 0.974. The third kappa shape index (κ3) is 5.27. The van der Waals surface area contributed by atoms with Crippen molar-refractivity contribution in [3.8, 4) is 27.9 Å². The molecule has 0 radical (unpaired) electrons. The standard InChI is InChI=1S/C58H36N2O2/c1-2-13-37(14-3-1)44-20-12-15-39-27-34-52-58(57(39)44)49-19-5-9-22-51(49)60(52)50-21-8-4-16-43(50)38-25-28-40(29-26-38)59(41-30-32-47-45-17-6-10-23-53(45)61-55(47)35-41)42-31-33-48-46-18-7-11-24-54(46)62-56(48)36-42/h1-36H. The van der Waals surface area contributed by atoms with Gasteiger partial charge in [0.1, 0.15) is 22.3 Å². The molecule has 0 aliphatic rings. The molecule has 0 saturated carbocycles. The number of furan rings is 2. The molecule has 13 aromatic rings. The van der Waals surface area contributed by atoms with E-state index in [1.165, 1.54) is 43.7 Å². The van der Waals surface area contributed by atoms with Crippen LogP contribution in [0.4, 0.5) is 17.1 Å². The summed E-state index contributed by atoms with van der Waals surface area (Å²) >= 11 is 0. The lowest BCUT2D eigenvalue weighted by Gasteiger charge is -2.26. The van der Waals surface area contributed by atoms with E-state index in [2.05, 4.69) is 204 Å². The molecule has 4 nitrogen and oxygen atoms in total. The summed E-state index contributed by atoms with van der Waals surface area (Å²) in [6.07, 6.45) is 0. The van der Waals surface area contributed by atoms with E-state index in [1.807, 2.05) is 24.3 Å². The van der Waals surface area contributed by atoms with Crippen molar-refractivity contribution in [2.45, 2.75) is 0 Å². The van der Waals surface area contributed by atoms with Gasteiger partial charge in [-0.05, 0) is 94.2 Å². The highest BCUT2D eigenvalue weighted by molar-refractivity contribution is 6.25. The predicted octanol–water partition coefficient (Wildman–Crippen LogP) is 16.5. The van der Waals surface area contributed by atoms with Crippen molar-refractivity contribution in [2.24, 2.45) is 0 Å². The Morgan fingerprint density at radius 3 is 1.58 bits per heavy atom. The average Bonchev–Trinajstić information content (AvgIpc) is 4.01. The highest BCUT2D eigenvalue weighted by atomic mass is 16.3. The van der Waals surface area contributed by atoms with Gasteiger partial charge in [-0.3, -0.25) is 0 Å². The smallest absolute Gasteiger partial charge is 0.137 e. The van der Waals surface area contributed by atoms with E-state index in [9.17, 15) is 0 Å². The van der Waals surface area contributed by atoms with Crippen LogP contribution < -0.4 is 4.90 Å². The highest BCUT2D eigenvalue weighted by Gasteiger charge is 2.21. The Hall–Kier alpha value is -8.34. The predicted molar refractivity (Wildman–Crippen MR) is 258 cm³/mol. The molecule has 0 atom stereocenters. The lowest BCUT2D eigenvalue weighted by molar-refractivity contribution is 0.669. The van der Waals surface area contributed by atoms with Gasteiger partial charge in [0, 0.05) is 67.1 Å². The van der Waals surface area contributed by atoms with Gasteiger partial charge < -0.3 is 18.3 Å². The van der Waals surface area contributed by atoms with E-state index in [0.717, 1.165) is 77.8 Å². The maximum atomic E-state index is 6.42. The molecule has 0 unspecified atom stereocenters. The third-order valence-electron chi connectivity index (χ3n) is 12.6. The Morgan fingerprint density at radius 1 is 0.323 bits per heavy atom. The molecule has 13 rings (SSSR count). The number of aromatic nitrogens is 1. The third-order valence-corrected chi connectivity index (χ3v) is 12.6. The normalized spacial score (nSPS) is 11.9. The van der Waals surface area contributed by atoms with Crippen LogP contribution in [0.5, 0.6) is 0 Å². The summed E-state index contributed by atoms with van der Waals surface area (Å²) in [6.45, 7) is 0. The SMILES string of the molecule is c1ccc(-c2cccc3ccc4c(c5ccccc5n4-c4ccccc4-c4ccc(N(c5ccc6c(c5)oc5ccccc56)c5ccc6c(c5)oc5ccccc56)cc4)c23)cc1. The molecule has 0 N–H and O–H groups in total. The summed E-state index contributed by atoms with van der Waals surface area (Å²) in [5.41, 5.74) is 14.7. The van der Waals surface area contributed by atoms with Crippen molar-refractivity contribution in [3.63, 3.8) is 0 Å². The molecule has 290 valence electrons. The van der Waals surface area contributed by atoms with Gasteiger partial charge in [-0.1, -0.05) is 140 Å². The van der Waals surface area contributed by atoms with Crippen LogP contribution in [-0.2, 0) is 0 Å². The van der Waals surface area contributed by atoms with Gasteiger partial charge in [0.15, 0.2) is 0 Å². The molecule has 3 aromatic heterocycles. The van der Waals surface area contributed by atoms with Crippen molar-refractivity contribution in [3.05, 3.63) is 218 Å². The number of hydrogen-bond acceptors (Lipinski definition) is 3. The van der Waals surface area contributed by atoms with Gasteiger partial charge in [0.25, 0.3) is 0 Å². The first-order valence-corrected chi connectivity index (χ1v) is 21.1. The van der Waals surface area contributed by atoms with Crippen molar-refractivity contribution >= 4 is 93.5 Å². The number of fused-ring (bicyclic) bond motifs is 11. The second kappa shape index (κ2) is 13.6. The van der Waals surface area contributed by atoms with Crippen LogP contribution >= 0.6 is 0 Å². The van der Waals surface area contributed by atoms with E-state index in [4.69, 9.17) is 8.83 Å². The summed E-state index contributed by atoms with van der Waals surface area (Å²) in [6, 6.07) is 78.0. The van der Waals surface area contributed by atoms with Gasteiger partial charge in [-0.2, -0.15) is 0 Å². The molecule has 0 spiro atoms. The zero-order valence-corrected chi connectivity index (χ0v) is 33.5. The molecule has 0 aliphatic carbocycles. The number of anilines is 3. The Labute approximate surface area is 356 Å². The molecule has 0 aliphatic heterocycles. The van der Waals surface area contributed by atoms with Crippen molar-refractivity contribution in [2.75, 3.05) is 4.90 Å². The van der Waals surface area contributed by atoms with Crippen molar-refractivity contribution in [1.29, 1.82) is 0 Å². The zero-order valence-electron chi connectivity index (χ0n) is 33.5. The summed E-state index contributed by atoms with van der Waals surface area (Å²) in [4.78, 5) is 2.29. The zero-order chi connectivity index (χ0) is 40.7. The number of nitrogens with zero attached hydrogens (tertiary/aromatic N) is 2. The summed E-state index contributed by atoms with van der Waals surface area (Å²) < 4.78 is 15.3. The van der Waals surface area contributed by atoms with Gasteiger partial charge in [-0.15, -0.1) is 0 Å². The number of benzene rings is 10. The largest absolute Gasteiger partial charge is 0.456 e. The lowest BCUT2D eigenvalue weighted by atomic mass is 9.94. The van der Waals surface area contributed by atoms with Crippen LogP contribution in [0.15, 0.2) is 227 Å². The number of rotatable bonds is 6. The molecular weight excluding hydrogens is 757 g/mol. The van der Waals surface area contributed by atoms with Crippen LogP contribution in [0, 0.1) is 0 Å². The fraction of sp³-hybridized carbons (Fsp3) is 0. The van der Waals surface area contributed by atoms with Crippen LogP contribution in [0.3, 0.4) is 0 Å². The number of hydrogen-bond donors (Lipinski definition) is 0. The molecule has 0 fully saturated rings. The Bertz CT molecular complexity index is 3760. The quantitative estimate of drug-likeness (QED) is 0.168. The maximum Gasteiger partial charge on any atom is 0.137 e. The minimum absolute atomic E-state index is 0.846. The molecule has 4 heteroatoms. The molecule has 0 bridgehead atoms. The topological polar surface area (TPSA) is 34.5 Å². The minimum atomic E-state index is 0.846. The van der Waals surface area contributed by atoms with E-state index in [1.54, 1.807) is 0 Å². The fourth-order valence-electron chi connectivity index (χ4n) is 9.81. The average molecular weight is 793 g/mol. The van der Waals surface area contributed by atoms with E-state index >= 15 is 0 Å². The van der Waals surface area contributed by atoms with Gasteiger partial charge in [0.05, 0.1) is 16.7 Å². The van der Waals surface area contributed by atoms with E-state index < -0.39 is 0 Å². The highest BCUT2D eigenvalue weighted by Crippen LogP contribution is 2.44. The first kappa shape index (κ1) is 34.5. The molecule has 10 aromatic carbocycles. The Morgan fingerprint density at radius 2 is 0.871 bits per heavy atom. The summed E-state index contributed by atoms with van der Waals surface area (Å²) in [5, 5.41) is 9.42. The monoisotopic (exact) mass is 792 g/mol. The molecule has 62 heavy (non-hydrogen) atoms. The first-order chi connectivity index (χ1) is 30.7. The second-order valence-electron chi connectivity index (χ2n) is 16.0. The summed E-state index contributed by atoms with van der Waals surface area (Å²) in [5.74, 6) is 0. The second-order valence-corrected chi connectivity index (χ2v) is 16.0. The lowest BCUT2D eigenvalue weighted by Crippen LogP contribution is -2.09. The molecule has 3 heterocycles. The minimum Gasteiger partial charge on any atom is -0.456 e. The van der Waals surface area contributed by atoms with E-state index in [-0.39, 0.29) is 0 Å². The molecule has 0 saturated heterocycles. The first-order valence-electron chi connectivity index (χ1n) is 21.1. The van der Waals surface area contributed by atoms with Gasteiger partial charge >= 0.3 is 0 Å².